The fourth-order valence-electron chi connectivity index (χ4n) is 2.77. The number of halogens is 1. The molecule has 21 heavy (non-hydrogen) atoms. The van der Waals surface area contributed by atoms with E-state index < -0.39 is 25.9 Å². The number of rotatable bonds is 6. The van der Waals surface area contributed by atoms with E-state index in [2.05, 4.69) is 34.1 Å². The third kappa shape index (κ3) is 4.82. The third-order valence-electron chi connectivity index (χ3n) is 4.04. The summed E-state index contributed by atoms with van der Waals surface area (Å²) < 4.78 is 13.6. The Morgan fingerprint density at radius 3 is 2.10 bits per heavy atom. The molecular weight excluding hydrogens is 370 g/mol. The Balaban J connectivity index is 2.00. The van der Waals surface area contributed by atoms with Gasteiger partial charge in [-0.15, -0.1) is 0 Å². The van der Waals surface area contributed by atoms with Crippen molar-refractivity contribution in [1.29, 1.82) is 0 Å². The van der Waals surface area contributed by atoms with E-state index in [-0.39, 0.29) is 5.82 Å². The molecule has 0 heterocycles. The van der Waals surface area contributed by atoms with Crippen molar-refractivity contribution in [3.8, 4) is 0 Å². The summed E-state index contributed by atoms with van der Waals surface area (Å²) in [5.41, 5.74) is 2.22. The normalized spacial score (nSPS) is 14.1. The summed E-state index contributed by atoms with van der Waals surface area (Å²) in [5.74, 6) is -0.258. The molecule has 0 aliphatic carbocycles. The van der Waals surface area contributed by atoms with Gasteiger partial charge in [-0.1, -0.05) is 0 Å². The van der Waals surface area contributed by atoms with Gasteiger partial charge in [-0.25, -0.2) is 0 Å². The summed E-state index contributed by atoms with van der Waals surface area (Å²) >= 11 is -1.54. The Morgan fingerprint density at radius 2 is 1.52 bits per heavy atom. The molecule has 0 saturated carbocycles. The Hall–Kier alpha value is -0.871. The molecule has 0 amide bonds. The standard InChI is InChI=1S/C16H16FO.2CH3.Sn.H/c17-15-11-9-14(10-12-15)16(18)8-4-7-13-5-2-1-3-6-13;;;;/h1-3,5-7,9-12,16,18H,4,8H2;2*1H3;;. The van der Waals surface area contributed by atoms with Crippen molar-refractivity contribution in [2.75, 3.05) is 0 Å². The van der Waals surface area contributed by atoms with Gasteiger partial charge in [0, 0.05) is 0 Å². The predicted octanol–water partition coefficient (Wildman–Crippen LogP) is 4.45. The molecule has 2 aromatic carbocycles. The van der Waals surface area contributed by atoms with Crippen molar-refractivity contribution in [1.82, 2.24) is 0 Å². The molecular formula is C18H23FOSn. The van der Waals surface area contributed by atoms with Crippen molar-refractivity contribution in [3.05, 3.63) is 71.5 Å². The minimum absolute atomic E-state index is 0.258. The number of hydrogen-bond donors (Lipinski definition) is 1. The van der Waals surface area contributed by atoms with Crippen LogP contribution in [0.5, 0.6) is 0 Å². The van der Waals surface area contributed by atoms with Crippen LogP contribution in [0.1, 0.15) is 34.0 Å². The van der Waals surface area contributed by atoms with Crippen LogP contribution < -0.4 is 0 Å². The Kier molecular flexibility index (Phi) is 6.24. The van der Waals surface area contributed by atoms with Gasteiger partial charge in [0.2, 0.25) is 0 Å². The zero-order valence-corrected chi connectivity index (χ0v) is 16.0. The first kappa shape index (κ1) is 16.5. The Morgan fingerprint density at radius 1 is 0.905 bits per heavy atom. The van der Waals surface area contributed by atoms with Crippen molar-refractivity contribution < 1.29 is 9.50 Å². The van der Waals surface area contributed by atoms with Crippen molar-refractivity contribution in [2.45, 2.75) is 32.8 Å². The maximum absolute atomic E-state index is 12.9. The second-order valence-corrected chi connectivity index (χ2v) is 15.3. The van der Waals surface area contributed by atoms with Gasteiger partial charge in [0.15, 0.2) is 0 Å². The molecule has 1 nitrogen and oxygen atoms in total. The zero-order chi connectivity index (χ0) is 15.2. The van der Waals surface area contributed by atoms with Crippen LogP contribution in [0.4, 0.5) is 4.39 Å². The number of benzene rings is 2. The van der Waals surface area contributed by atoms with Gasteiger partial charge >= 0.3 is 134 Å². The molecule has 2 atom stereocenters. The SMILES string of the molecule is [CH3][SnH]([CH3])[CH](CCC(O)c1ccc(F)cc1)c1ccccc1. The summed E-state index contributed by atoms with van der Waals surface area (Å²) in [6.07, 6.45) is 1.25. The Labute approximate surface area is 133 Å². The molecule has 2 aromatic rings. The zero-order valence-electron chi connectivity index (χ0n) is 12.7. The van der Waals surface area contributed by atoms with Crippen LogP contribution in [-0.2, 0) is 0 Å². The average molecular weight is 393 g/mol. The second kappa shape index (κ2) is 7.95. The van der Waals surface area contributed by atoms with Gasteiger partial charge in [0.05, 0.1) is 0 Å². The van der Waals surface area contributed by atoms with Crippen LogP contribution >= 0.6 is 0 Å². The van der Waals surface area contributed by atoms with Crippen LogP contribution in [0.25, 0.3) is 0 Å². The molecule has 2 unspecified atom stereocenters. The topological polar surface area (TPSA) is 20.2 Å². The van der Waals surface area contributed by atoms with Crippen molar-refractivity contribution in [2.24, 2.45) is 0 Å². The van der Waals surface area contributed by atoms with Crippen molar-refractivity contribution in [3.63, 3.8) is 0 Å². The van der Waals surface area contributed by atoms with Crippen LogP contribution in [0.15, 0.2) is 54.6 Å². The Bertz CT molecular complexity index is 539. The molecule has 3 heteroatoms. The first-order chi connectivity index (χ1) is 10.1. The van der Waals surface area contributed by atoms with Gasteiger partial charge in [0.1, 0.15) is 0 Å². The molecule has 112 valence electrons. The third-order valence-corrected chi connectivity index (χ3v) is 10.7. The second-order valence-electron chi connectivity index (χ2n) is 5.91. The maximum atomic E-state index is 12.9. The van der Waals surface area contributed by atoms with Crippen LogP contribution in [-0.4, -0.2) is 24.9 Å². The molecule has 2 rings (SSSR count). The van der Waals surface area contributed by atoms with Gasteiger partial charge in [0.25, 0.3) is 0 Å². The summed E-state index contributed by atoms with van der Waals surface area (Å²) in [4.78, 5) is 4.84. The first-order valence-electron chi connectivity index (χ1n) is 7.56. The van der Waals surface area contributed by atoms with Crippen LogP contribution in [0.3, 0.4) is 0 Å². The van der Waals surface area contributed by atoms with Crippen molar-refractivity contribution >= 4 is 19.8 Å². The summed E-state index contributed by atoms with van der Waals surface area (Å²) in [6, 6.07) is 16.8. The van der Waals surface area contributed by atoms with Crippen LogP contribution in [0.2, 0.25) is 9.88 Å². The molecule has 0 saturated heterocycles. The molecule has 0 aliphatic rings. The van der Waals surface area contributed by atoms with E-state index >= 15 is 0 Å². The van der Waals surface area contributed by atoms with Crippen LogP contribution in [0, 0.1) is 5.82 Å². The molecule has 0 bridgehead atoms. The minimum atomic E-state index is -1.54. The predicted molar refractivity (Wildman–Crippen MR) is 88.7 cm³/mol. The summed E-state index contributed by atoms with van der Waals surface area (Å²) in [7, 11) is 0. The fourth-order valence-corrected chi connectivity index (χ4v) is 8.06. The number of aliphatic hydroxyl groups is 1. The van der Waals surface area contributed by atoms with E-state index in [0.717, 1.165) is 18.4 Å². The quantitative estimate of drug-likeness (QED) is 0.720. The number of hydrogen-bond acceptors (Lipinski definition) is 1. The molecule has 1 N–H and O–H groups in total. The van der Waals surface area contributed by atoms with E-state index in [0.29, 0.717) is 3.93 Å². The molecule has 0 spiro atoms. The number of aliphatic hydroxyl groups excluding tert-OH is 1. The van der Waals surface area contributed by atoms with E-state index in [4.69, 9.17) is 0 Å². The van der Waals surface area contributed by atoms with E-state index in [1.165, 1.54) is 17.7 Å². The van der Waals surface area contributed by atoms with Gasteiger partial charge < -0.3 is 0 Å². The monoisotopic (exact) mass is 394 g/mol. The van der Waals surface area contributed by atoms with E-state index in [1.54, 1.807) is 12.1 Å². The fraction of sp³-hybridized carbons (Fsp3) is 0.333. The van der Waals surface area contributed by atoms with E-state index in [1.807, 2.05) is 6.07 Å². The van der Waals surface area contributed by atoms with Gasteiger partial charge in [-0.3, -0.25) is 0 Å². The molecule has 0 fully saturated rings. The summed E-state index contributed by atoms with van der Waals surface area (Å²) in [6.45, 7) is 0. The average Bonchev–Trinajstić information content (AvgIpc) is 2.48. The molecule has 0 aliphatic heterocycles. The molecule has 0 aromatic heterocycles. The first-order valence-corrected chi connectivity index (χ1v) is 16.1. The van der Waals surface area contributed by atoms with E-state index in [9.17, 15) is 9.50 Å². The molecule has 0 radical (unpaired) electrons. The van der Waals surface area contributed by atoms with Gasteiger partial charge in [-0.2, -0.15) is 0 Å². The van der Waals surface area contributed by atoms with Gasteiger partial charge in [-0.05, 0) is 0 Å². The summed E-state index contributed by atoms with van der Waals surface area (Å²) in [5, 5.41) is 10.3.